The Morgan fingerprint density at radius 3 is 2.71 bits per heavy atom. The molecule has 0 radical (unpaired) electrons. The molecule has 0 spiro atoms. The molecule has 1 fully saturated rings. The molecule has 0 bridgehead atoms. The number of hydrogen-bond donors (Lipinski definition) is 1. The molecular weight excluding hydrogens is 218 g/mol. The minimum atomic E-state index is -0.675. The van der Waals surface area contributed by atoms with Gasteiger partial charge in [0.1, 0.15) is 5.82 Å². The van der Waals surface area contributed by atoms with Crippen molar-refractivity contribution >= 4 is 5.91 Å². The van der Waals surface area contributed by atoms with E-state index in [-0.39, 0.29) is 12.0 Å². The van der Waals surface area contributed by atoms with Gasteiger partial charge in [-0.15, -0.1) is 0 Å². The molecule has 2 rings (SSSR count). The Hall–Kier alpha value is -1.49. The highest BCUT2D eigenvalue weighted by Gasteiger charge is 2.43. The molecule has 1 aliphatic heterocycles. The standard InChI is InChI=1S/C12H17N3O2/c1-8-5-12(11(13)16,3-4-17-8)10-6-14-9(2)15-7-10/h6-8H,3-5H2,1-2H3,(H2,13,16). The van der Waals surface area contributed by atoms with Crippen LogP contribution in [0.5, 0.6) is 0 Å². The largest absolute Gasteiger partial charge is 0.378 e. The predicted octanol–water partition coefficient (Wildman–Crippen LogP) is 0.707. The summed E-state index contributed by atoms with van der Waals surface area (Å²) in [5.74, 6) is 0.369. The summed E-state index contributed by atoms with van der Waals surface area (Å²) in [7, 11) is 0. The van der Waals surface area contributed by atoms with Crippen molar-refractivity contribution < 1.29 is 9.53 Å². The summed E-state index contributed by atoms with van der Waals surface area (Å²) in [6.07, 6.45) is 4.61. The van der Waals surface area contributed by atoms with E-state index in [0.717, 1.165) is 5.56 Å². The molecule has 0 aliphatic carbocycles. The Morgan fingerprint density at radius 2 is 2.18 bits per heavy atom. The van der Waals surface area contributed by atoms with Crippen molar-refractivity contribution in [3.05, 3.63) is 23.8 Å². The second-order valence-electron chi connectivity index (χ2n) is 4.60. The van der Waals surface area contributed by atoms with Crippen molar-refractivity contribution in [2.75, 3.05) is 6.61 Å². The van der Waals surface area contributed by atoms with E-state index in [4.69, 9.17) is 10.5 Å². The molecule has 5 nitrogen and oxygen atoms in total. The lowest BCUT2D eigenvalue weighted by atomic mass is 9.73. The highest BCUT2D eigenvalue weighted by Crippen LogP contribution is 2.36. The van der Waals surface area contributed by atoms with Gasteiger partial charge in [0.25, 0.3) is 0 Å². The Morgan fingerprint density at radius 1 is 1.53 bits per heavy atom. The van der Waals surface area contributed by atoms with Crippen molar-refractivity contribution in [1.29, 1.82) is 0 Å². The van der Waals surface area contributed by atoms with Gasteiger partial charge in [-0.1, -0.05) is 0 Å². The number of nitrogens with zero attached hydrogens (tertiary/aromatic N) is 2. The summed E-state index contributed by atoms with van der Waals surface area (Å²) in [6, 6.07) is 0. The first-order valence-corrected chi connectivity index (χ1v) is 5.75. The fourth-order valence-electron chi connectivity index (χ4n) is 2.35. The SMILES string of the molecule is Cc1ncc(C2(C(N)=O)CCOC(C)C2)cn1. The molecule has 2 unspecified atom stereocenters. The Kier molecular flexibility index (Phi) is 3.11. The Bertz CT molecular complexity index is 418. The maximum Gasteiger partial charge on any atom is 0.228 e. The third-order valence-electron chi connectivity index (χ3n) is 3.37. The van der Waals surface area contributed by atoms with Crippen molar-refractivity contribution in [2.45, 2.75) is 38.2 Å². The first-order valence-electron chi connectivity index (χ1n) is 5.75. The molecule has 17 heavy (non-hydrogen) atoms. The van der Waals surface area contributed by atoms with Gasteiger partial charge in [0.05, 0.1) is 11.5 Å². The molecule has 0 aromatic carbocycles. The lowest BCUT2D eigenvalue weighted by molar-refractivity contribution is -0.129. The molecule has 1 aliphatic rings. The van der Waals surface area contributed by atoms with Crippen LogP contribution in [-0.4, -0.2) is 28.6 Å². The Labute approximate surface area is 100 Å². The van der Waals surface area contributed by atoms with Gasteiger partial charge in [0.2, 0.25) is 5.91 Å². The fraction of sp³-hybridized carbons (Fsp3) is 0.583. The van der Waals surface area contributed by atoms with Crippen LogP contribution in [0.15, 0.2) is 12.4 Å². The van der Waals surface area contributed by atoms with Crippen LogP contribution in [0, 0.1) is 6.92 Å². The summed E-state index contributed by atoms with van der Waals surface area (Å²) in [5, 5.41) is 0. The van der Waals surface area contributed by atoms with Crippen molar-refractivity contribution in [2.24, 2.45) is 5.73 Å². The number of amides is 1. The third-order valence-corrected chi connectivity index (χ3v) is 3.37. The minimum absolute atomic E-state index is 0.0255. The van der Waals surface area contributed by atoms with Gasteiger partial charge in [-0.05, 0) is 26.7 Å². The number of ether oxygens (including phenoxy) is 1. The molecule has 1 saturated heterocycles. The number of carbonyl (C=O) groups excluding carboxylic acids is 1. The summed E-state index contributed by atoms with van der Waals surface area (Å²) in [5.41, 5.74) is 5.71. The maximum absolute atomic E-state index is 11.8. The predicted molar refractivity (Wildman–Crippen MR) is 62.3 cm³/mol. The maximum atomic E-state index is 11.8. The smallest absolute Gasteiger partial charge is 0.228 e. The van der Waals surface area contributed by atoms with Crippen LogP contribution < -0.4 is 5.73 Å². The number of carbonyl (C=O) groups is 1. The molecule has 1 aromatic rings. The van der Waals surface area contributed by atoms with Crippen LogP contribution in [0.4, 0.5) is 0 Å². The molecule has 2 heterocycles. The molecule has 5 heteroatoms. The number of aryl methyl sites for hydroxylation is 1. The highest BCUT2D eigenvalue weighted by molar-refractivity contribution is 5.86. The quantitative estimate of drug-likeness (QED) is 0.818. The minimum Gasteiger partial charge on any atom is -0.378 e. The van der Waals surface area contributed by atoms with Gasteiger partial charge >= 0.3 is 0 Å². The average molecular weight is 235 g/mol. The van der Waals surface area contributed by atoms with E-state index in [2.05, 4.69) is 9.97 Å². The number of aromatic nitrogens is 2. The van der Waals surface area contributed by atoms with Crippen LogP contribution in [0.3, 0.4) is 0 Å². The summed E-state index contributed by atoms with van der Waals surface area (Å²) >= 11 is 0. The lowest BCUT2D eigenvalue weighted by Crippen LogP contribution is -2.47. The third kappa shape index (κ3) is 2.15. The van der Waals surface area contributed by atoms with E-state index in [1.807, 2.05) is 13.8 Å². The van der Waals surface area contributed by atoms with E-state index in [1.54, 1.807) is 12.4 Å². The van der Waals surface area contributed by atoms with Crippen molar-refractivity contribution in [3.8, 4) is 0 Å². The van der Waals surface area contributed by atoms with Gasteiger partial charge in [0, 0.05) is 24.6 Å². The highest BCUT2D eigenvalue weighted by atomic mass is 16.5. The number of rotatable bonds is 2. The number of nitrogens with two attached hydrogens (primary N) is 1. The number of primary amides is 1. The summed E-state index contributed by atoms with van der Waals surface area (Å²) in [4.78, 5) is 20.1. The molecule has 2 atom stereocenters. The second kappa shape index (κ2) is 4.41. The van der Waals surface area contributed by atoms with Crippen LogP contribution >= 0.6 is 0 Å². The zero-order valence-electron chi connectivity index (χ0n) is 10.1. The zero-order chi connectivity index (χ0) is 12.5. The van der Waals surface area contributed by atoms with Gasteiger partial charge in [-0.25, -0.2) is 9.97 Å². The van der Waals surface area contributed by atoms with E-state index in [9.17, 15) is 4.79 Å². The normalized spacial score (nSPS) is 28.9. The van der Waals surface area contributed by atoms with Crippen molar-refractivity contribution in [1.82, 2.24) is 9.97 Å². The van der Waals surface area contributed by atoms with Gasteiger partial charge < -0.3 is 10.5 Å². The topological polar surface area (TPSA) is 78.1 Å². The molecular formula is C12H17N3O2. The van der Waals surface area contributed by atoms with E-state index in [1.165, 1.54) is 0 Å². The first kappa shape index (κ1) is 12.0. The molecule has 2 N–H and O–H groups in total. The summed E-state index contributed by atoms with van der Waals surface area (Å²) in [6.45, 7) is 4.30. The van der Waals surface area contributed by atoms with Crippen LogP contribution in [0.1, 0.15) is 31.2 Å². The molecule has 92 valence electrons. The van der Waals surface area contributed by atoms with E-state index in [0.29, 0.717) is 25.3 Å². The van der Waals surface area contributed by atoms with E-state index < -0.39 is 5.41 Å². The lowest BCUT2D eigenvalue weighted by Gasteiger charge is -2.37. The molecule has 1 aromatic heterocycles. The fourth-order valence-corrected chi connectivity index (χ4v) is 2.35. The molecule has 1 amide bonds. The second-order valence-corrected chi connectivity index (χ2v) is 4.60. The van der Waals surface area contributed by atoms with Crippen LogP contribution in [-0.2, 0) is 14.9 Å². The first-order chi connectivity index (χ1) is 8.04. The van der Waals surface area contributed by atoms with E-state index >= 15 is 0 Å². The number of hydrogen-bond acceptors (Lipinski definition) is 4. The molecule has 0 saturated carbocycles. The van der Waals surface area contributed by atoms with Gasteiger partial charge in [-0.2, -0.15) is 0 Å². The van der Waals surface area contributed by atoms with Gasteiger partial charge in [-0.3, -0.25) is 4.79 Å². The summed E-state index contributed by atoms with van der Waals surface area (Å²) < 4.78 is 5.48. The van der Waals surface area contributed by atoms with Crippen molar-refractivity contribution in [3.63, 3.8) is 0 Å². The zero-order valence-corrected chi connectivity index (χ0v) is 10.1. The van der Waals surface area contributed by atoms with Crippen LogP contribution in [0.2, 0.25) is 0 Å². The average Bonchev–Trinajstić information content (AvgIpc) is 2.29. The van der Waals surface area contributed by atoms with Gasteiger partial charge in [0.15, 0.2) is 0 Å². The Balaban J connectivity index is 2.40. The monoisotopic (exact) mass is 235 g/mol. The van der Waals surface area contributed by atoms with Crippen LogP contribution in [0.25, 0.3) is 0 Å².